The van der Waals surface area contributed by atoms with Crippen LogP contribution in [0.25, 0.3) is 27.3 Å². The van der Waals surface area contributed by atoms with Gasteiger partial charge in [0.15, 0.2) is 11.5 Å². The molecule has 0 atom stereocenters. The Kier molecular flexibility index (Phi) is 3.06. The van der Waals surface area contributed by atoms with Gasteiger partial charge in [-0.25, -0.2) is 14.5 Å². The van der Waals surface area contributed by atoms with Crippen molar-refractivity contribution >= 4 is 39.7 Å². The van der Waals surface area contributed by atoms with Crippen LogP contribution in [0.4, 0.5) is 0 Å². The Balaban J connectivity index is 1.56. The van der Waals surface area contributed by atoms with E-state index in [-0.39, 0.29) is 0 Å². The van der Waals surface area contributed by atoms with Crippen LogP contribution in [0.1, 0.15) is 11.4 Å². The van der Waals surface area contributed by atoms with Crippen LogP contribution in [0.5, 0.6) is 0 Å². The molecule has 0 saturated heterocycles. The Hall–Kier alpha value is -2.78. The van der Waals surface area contributed by atoms with Crippen LogP contribution in [0.2, 0.25) is 0 Å². The van der Waals surface area contributed by atoms with E-state index in [1.807, 2.05) is 24.4 Å². The minimum atomic E-state index is 0.636. The zero-order valence-corrected chi connectivity index (χ0v) is 13.8. The zero-order valence-electron chi connectivity index (χ0n) is 12.2. The maximum atomic E-state index is 4.67. The number of thiazole rings is 1. The van der Waals surface area contributed by atoms with Gasteiger partial charge >= 0.3 is 0 Å². The number of nitrogens with zero attached hydrogens (tertiary/aromatic N) is 7. The summed E-state index contributed by atoms with van der Waals surface area (Å²) in [5.74, 6) is 0.747. The van der Waals surface area contributed by atoms with Crippen LogP contribution < -0.4 is 0 Å². The van der Waals surface area contributed by atoms with Gasteiger partial charge in [0.1, 0.15) is 16.7 Å². The molecule has 0 bridgehead atoms. The van der Waals surface area contributed by atoms with Crippen molar-refractivity contribution in [1.82, 2.24) is 33.3 Å². The minimum absolute atomic E-state index is 0.636. The van der Waals surface area contributed by atoms with Gasteiger partial charge in [-0.15, -0.1) is 11.3 Å². The van der Waals surface area contributed by atoms with E-state index >= 15 is 0 Å². The van der Waals surface area contributed by atoms with Gasteiger partial charge < -0.3 is 0 Å². The monoisotopic (exact) mass is 351 g/mol. The average molecular weight is 351 g/mol. The molecule has 0 radical (unpaired) electrons. The van der Waals surface area contributed by atoms with E-state index in [0.29, 0.717) is 6.42 Å². The van der Waals surface area contributed by atoms with Crippen LogP contribution in [0, 0.1) is 0 Å². The predicted octanol–water partition coefficient (Wildman–Crippen LogP) is 2.84. The third kappa shape index (κ3) is 2.25. The molecule has 7 nitrogen and oxygen atoms in total. The smallest absolute Gasteiger partial charge is 0.182 e. The van der Waals surface area contributed by atoms with Crippen LogP contribution in [-0.4, -0.2) is 33.3 Å². The minimum Gasteiger partial charge on any atom is -0.252 e. The molecule has 9 heteroatoms. The van der Waals surface area contributed by atoms with E-state index in [2.05, 4.69) is 28.8 Å². The molecule has 0 aliphatic carbocycles. The van der Waals surface area contributed by atoms with Crippen LogP contribution in [0.15, 0.2) is 42.3 Å². The summed E-state index contributed by atoms with van der Waals surface area (Å²) in [5, 5.41) is 4.56. The average Bonchev–Trinajstić information content (AvgIpc) is 3.33. The molecule has 4 aromatic heterocycles. The quantitative estimate of drug-likeness (QED) is 0.497. The molecule has 0 saturated carbocycles. The number of hydrogen-bond acceptors (Lipinski definition) is 8. The summed E-state index contributed by atoms with van der Waals surface area (Å²) in [6.07, 6.45) is 5.97. The van der Waals surface area contributed by atoms with Crippen molar-refractivity contribution in [2.45, 2.75) is 6.42 Å². The molecular weight excluding hydrogens is 342 g/mol. The molecule has 0 amide bonds. The van der Waals surface area contributed by atoms with Crippen molar-refractivity contribution in [3.8, 4) is 10.6 Å². The van der Waals surface area contributed by atoms with Crippen LogP contribution in [0.3, 0.4) is 0 Å². The van der Waals surface area contributed by atoms with Crippen molar-refractivity contribution in [2.24, 2.45) is 0 Å². The molecule has 5 aromatic rings. The predicted molar refractivity (Wildman–Crippen MR) is 92.1 cm³/mol. The third-order valence-electron chi connectivity index (χ3n) is 3.64. The summed E-state index contributed by atoms with van der Waals surface area (Å²) < 4.78 is 10.3. The lowest BCUT2D eigenvalue weighted by Crippen LogP contribution is -1.92. The van der Waals surface area contributed by atoms with E-state index in [0.717, 1.165) is 38.6 Å². The van der Waals surface area contributed by atoms with Gasteiger partial charge in [-0.05, 0) is 17.7 Å². The normalized spacial score (nSPS) is 11.5. The fourth-order valence-corrected chi connectivity index (χ4v) is 3.69. The first kappa shape index (κ1) is 13.6. The fraction of sp³-hybridized carbons (Fsp3) is 0.0667. The number of benzene rings is 1. The Morgan fingerprint density at radius 3 is 3.00 bits per heavy atom. The van der Waals surface area contributed by atoms with Crippen molar-refractivity contribution in [3.05, 3.63) is 53.7 Å². The summed E-state index contributed by atoms with van der Waals surface area (Å²) in [4.78, 5) is 14.2. The molecule has 5 rings (SSSR count). The van der Waals surface area contributed by atoms with E-state index in [4.69, 9.17) is 0 Å². The Labute approximate surface area is 144 Å². The van der Waals surface area contributed by atoms with Gasteiger partial charge in [0.05, 0.1) is 22.1 Å². The molecule has 0 fully saturated rings. The lowest BCUT2D eigenvalue weighted by atomic mass is 10.1. The molecular formula is C15H9N7S2. The van der Waals surface area contributed by atoms with Gasteiger partial charge in [-0.2, -0.15) is 13.8 Å². The molecule has 4 heterocycles. The van der Waals surface area contributed by atoms with Gasteiger partial charge in [0, 0.05) is 25.0 Å². The van der Waals surface area contributed by atoms with E-state index < -0.39 is 0 Å². The molecule has 0 spiro atoms. The maximum absolute atomic E-state index is 4.67. The second-order valence-electron chi connectivity index (χ2n) is 5.20. The topological polar surface area (TPSA) is 81.8 Å². The molecule has 24 heavy (non-hydrogen) atoms. The number of rotatable bonds is 3. The van der Waals surface area contributed by atoms with E-state index in [1.165, 1.54) is 23.1 Å². The second kappa shape index (κ2) is 5.39. The first-order chi connectivity index (χ1) is 11.9. The molecule has 0 aliphatic heterocycles. The number of hydrogen-bond donors (Lipinski definition) is 0. The molecule has 0 aliphatic rings. The first-order valence-electron chi connectivity index (χ1n) is 7.17. The Bertz CT molecular complexity index is 1140. The fourth-order valence-electron chi connectivity index (χ4n) is 2.56. The first-order valence-corrected chi connectivity index (χ1v) is 8.78. The van der Waals surface area contributed by atoms with Crippen LogP contribution in [-0.2, 0) is 6.42 Å². The van der Waals surface area contributed by atoms with Crippen molar-refractivity contribution in [3.63, 3.8) is 0 Å². The molecule has 0 N–H and O–H groups in total. The van der Waals surface area contributed by atoms with Gasteiger partial charge in [-0.1, -0.05) is 6.07 Å². The highest BCUT2D eigenvalue weighted by Gasteiger charge is 2.13. The Morgan fingerprint density at radius 2 is 2.08 bits per heavy atom. The summed E-state index contributed by atoms with van der Waals surface area (Å²) in [6.45, 7) is 0. The van der Waals surface area contributed by atoms with Crippen molar-refractivity contribution in [2.75, 3.05) is 0 Å². The van der Waals surface area contributed by atoms with Gasteiger partial charge in [-0.3, -0.25) is 4.98 Å². The number of fused-ring (bicyclic) bond motifs is 2. The van der Waals surface area contributed by atoms with Crippen molar-refractivity contribution in [1.29, 1.82) is 0 Å². The highest BCUT2D eigenvalue weighted by atomic mass is 32.1. The summed E-state index contributed by atoms with van der Waals surface area (Å²) >= 11 is 2.76. The van der Waals surface area contributed by atoms with Gasteiger partial charge in [0.2, 0.25) is 0 Å². The number of aromatic nitrogens is 7. The van der Waals surface area contributed by atoms with E-state index in [9.17, 15) is 0 Å². The molecule has 1 aromatic carbocycles. The Morgan fingerprint density at radius 1 is 1.12 bits per heavy atom. The van der Waals surface area contributed by atoms with E-state index in [1.54, 1.807) is 22.4 Å². The largest absolute Gasteiger partial charge is 0.252 e. The third-order valence-corrected chi connectivity index (χ3v) is 4.98. The van der Waals surface area contributed by atoms with Crippen LogP contribution >= 0.6 is 23.1 Å². The summed E-state index contributed by atoms with van der Waals surface area (Å²) in [7, 11) is 0. The highest BCUT2D eigenvalue weighted by Crippen LogP contribution is 2.24. The molecule has 116 valence electrons. The molecule has 0 unspecified atom stereocenters. The summed E-state index contributed by atoms with van der Waals surface area (Å²) in [6, 6.07) is 6.05. The SMILES string of the molecule is c1cn2nc(Cc3ccc4nsnc4c3)nc2c(-c2cncs2)n1. The maximum Gasteiger partial charge on any atom is 0.182 e. The lowest BCUT2D eigenvalue weighted by molar-refractivity contribution is 0.895. The lowest BCUT2D eigenvalue weighted by Gasteiger charge is -1.96. The highest BCUT2D eigenvalue weighted by molar-refractivity contribution is 7.13. The zero-order chi connectivity index (χ0) is 15.9. The van der Waals surface area contributed by atoms with Gasteiger partial charge in [0.25, 0.3) is 0 Å². The van der Waals surface area contributed by atoms with Crippen molar-refractivity contribution < 1.29 is 0 Å². The summed E-state index contributed by atoms with van der Waals surface area (Å²) in [5.41, 5.74) is 6.27. The standard InChI is InChI=1S/C15H9N7S2/c1-2-10-11(21-24-20-10)5-9(1)6-13-18-15-14(12-7-16-8-23-12)17-3-4-22(15)19-13/h1-5,7-8H,6H2. The second-order valence-corrected chi connectivity index (χ2v) is 6.62.